The molecule has 0 heterocycles. The second kappa shape index (κ2) is 3.94. The third-order valence-electron chi connectivity index (χ3n) is 1.43. The Kier molecular flexibility index (Phi) is 3.37. The zero-order valence-electron chi connectivity index (χ0n) is 6.20. The van der Waals surface area contributed by atoms with E-state index in [0.717, 1.165) is 9.13 Å². The SMILES string of the molecule is Cc1cc(Cl)cc(C(=O)Cl)c1I. The molecule has 0 saturated heterocycles. The summed E-state index contributed by atoms with van der Waals surface area (Å²) in [5.74, 6) is 0. The summed E-state index contributed by atoms with van der Waals surface area (Å²) >= 11 is 13.2. The molecular formula is C8H5Cl2IO. The normalized spacial score (nSPS) is 10.0. The first kappa shape index (κ1) is 10.3. The van der Waals surface area contributed by atoms with Crippen LogP contribution in [0.3, 0.4) is 0 Å². The number of aryl methyl sites for hydroxylation is 1. The standard InChI is InChI=1S/C8H5Cl2IO/c1-4-2-5(9)3-6(7(4)11)8(10)12/h2-3H,1H3. The molecule has 0 N–H and O–H groups in total. The van der Waals surface area contributed by atoms with Gasteiger partial charge in [-0.15, -0.1) is 0 Å². The summed E-state index contributed by atoms with van der Waals surface area (Å²) in [6.07, 6.45) is 0. The average Bonchev–Trinajstić information content (AvgIpc) is 1.96. The molecule has 0 aliphatic heterocycles. The van der Waals surface area contributed by atoms with Crippen molar-refractivity contribution in [2.24, 2.45) is 0 Å². The first-order valence-corrected chi connectivity index (χ1v) is 5.01. The van der Waals surface area contributed by atoms with Crippen molar-refractivity contribution in [3.8, 4) is 0 Å². The summed E-state index contributed by atoms with van der Waals surface area (Å²) in [6.45, 7) is 1.89. The predicted octanol–water partition coefficient (Wildman–Crippen LogP) is 3.63. The van der Waals surface area contributed by atoms with E-state index in [-0.39, 0.29) is 0 Å². The maximum absolute atomic E-state index is 10.9. The van der Waals surface area contributed by atoms with Gasteiger partial charge in [0.1, 0.15) is 0 Å². The molecule has 1 aromatic carbocycles. The number of hydrogen-bond acceptors (Lipinski definition) is 1. The fourth-order valence-corrected chi connectivity index (χ4v) is 2.01. The molecule has 0 radical (unpaired) electrons. The van der Waals surface area contributed by atoms with Crippen molar-refractivity contribution in [2.45, 2.75) is 6.92 Å². The van der Waals surface area contributed by atoms with Crippen LogP contribution in [0.15, 0.2) is 12.1 Å². The molecule has 0 bridgehead atoms. The molecule has 12 heavy (non-hydrogen) atoms. The summed E-state index contributed by atoms with van der Waals surface area (Å²) in [7, 11) is 0. The third kappa shape index (κ3) is 2.12. The highest BCUT2D eigenvalue weighted by Crippen LogP contribution is 2.23. The van der Waals surface area contributed by atoms with Gasteiger partial charge in [0.25, 0.3) is 5.24 Å². The van der Waals surface area contributed by atoms with Crippen molar-refractivity contribution in [1.29, 1.82) is 0 Å². The molecule has 0 saturated carbocycles. The van der Waals surface area contributed by atoms with E-state index in [1.807, 2.05) is 6.92 Å². The van der Waals surface area contributed by atoms with Crippen LogP contribution in [-0.4, -0.2) is 5.24 Å². The van der Waals surface area contributed by atoms with Gasteiger partial charge in [0.15, 0.2) is 0 Å². The topological polar surface area (TPSA) is 17.1 Å². The van der Waals surface area contributed by atoms with Crippen LogP contribution >= 0.6 is 45.8 Å². The van der Waals surface area contributed by atoms with Crippen LogP contribution in [0.1, 0.15) is 15.9 Å². The van der Waals surface area contributed by atoms with E-state index in [2.05, 4.69) is 22.6 Å². The summed E-state index contributed by atoms with van der Waals surface area (Å²) < 4.78 is 0.858. The van der Waals surface area contributed by atoms with Gasteiger partial charge < -0.3 is 0 Å². The van der Waals surface area contributed by atoms with Crippen LogP contribution in [-0.2, 0) is 0 Å². The second-order valence-corrected chi connectivity index (χ2v) is 4.22. The highest BCUT2D eigenvalue weighted by Gasteiger charge is 2.09. The van der Waals surface area contributed by atoms with E-state index in [0.29, 0.717) is 10.6 Å². The van der Waals surface area contributed by atoms with Crippen LogP contribution < -0.4 is 0 Å². The first-order valence-electron chi connectivity index (χ1n) is 3.18. The Morgan fingerprint density at radius 2 is 2.08 bits per heavy atom. The molecule has 1 nitrogen and oxygen atoms in total. The monoisotopic (exact) mass is 314 g/mol. The molecule has 0 aromatic heterocycles. The summed E-state index contributed by atoms with van der Waals surface area (Å²) in [5.41, 5.74) is 1.44. The molecule has 0 aliphatic rings. The van der Waals surface area contributed by atoms with E-state index >= 15 is 0 Å². The minimum atomic E-state index is -0.468. The van der Waals surface area contributed by atoms with E-state index in [1.54, 1.807) is 12.1 Å². The summed E-state index contributed by atoms with van der Waals surface area (Å²) in [5, 5.41) is 0.0712. The molecule has 1 rings (SSSR count). The van der Waals surface area contributed by atoms with E-state index in [1.165, 1.54) is 0 Å². The van der Waals surface area contributed by atoms with Crippen molar-refractivity contribution < 1.29 is 4.79 Å². The fourth-order valence-electron chi connectivity index (χ4n) is 0.869. The molecular weight excluding hydrogens is 310 g/mol. The lowest BCUT2D eigenvalue weighted by Gasteiger charge is -2.03. The van der Waals surface area contributed by atoms with E-state index in [9.17, 15) is 4.79 Å². The average molecular weight is 315 g/mol. The largest absolute Gasteiger partial charge is 0.276 e. The molecule has 64 valence electrons. The van der Waals surface area contributed by atoms with Gasteiger partial charge in [-0.05, 0) is 58.8 Å². The van der Waals surface area contributed by atoms with E-state index in [4.69, 9.17) is 23.2 Å². The quantitative estimate of drug-likeness (QED) is 0.571. The lowest BCUT2D eigenvalue weighted by Crippen LogP contribution is -1.95. The zero-order valence-corrected chi connectivity index (χ0v) is 9.87. The van der Waals surface area contributed by atoms with Crippen molar-refractivity contribution in [3.63, 3.8) is 0 Å². The Balaban J connectivity index is 3.37. The van der Waals surface area contributed by atoms with Crippen molar-refractivity contribution in [2.75, 3.05) is 0 Å². The van der Waals surface area contributed by atoms with Gasteiger partial charge in [-0.1, -0.05) is 11.6 Å². The number of halogens is 3. The predicted molar refractivity (Wildman–Crippen MR) is 59.1 cm³/mol. The summed E-state index contributed by atoms with van der Waals surface area (Å²) in [6, 6.07) is 3.37. The molecule has 0 aliphatic carbocycles. The third-order valence-corrected chi connectivity index (χ3v) is 3.28. The Morgan fingerprint density at radius 3 is 2.58 bits per heavy atom. The molecule has 1 aromatic rings. The molecule has 0 fully saturated rings. The van der Waals surface area contributed by atoms with Gasteiger partial charge in [0, 0.05) is 14.2 Å². The second-order valence-electron chi connectivity index (χ2n) is 2.36. The number of carbonyl (C=O) groups is 1. The van der Waals surface area contributed by atoms with Gasteiger partial charge >= 0.3 is 0 Å². The van der Waals surface area contributed by atoms with Crippen LogP contribution in [0.4, 0.5) is 0 Å². The van der Waals surface area contributed by atoms with Gasteiger partial charge in [-0.2, -0.15) is 0 Å². The maximum Gasteiger partial charge on any atom is 0.253 e. The lowest BCUT2D eigenvalue weighted by atomic mass is 10.1. The Bertz CT molecular complexity index is 336. The number of hydrogen-bond donors (Lipinski definition) is 0. The first-order chi connectivity index (χ1) is 5.52. The Labute approximate surface area is 94.2 Å². The van der Waals surface area contributed by atoms with E-state index < -0.39 is 5.24 Å². The summed E-state index contributed by atoms with van der Waals surface area (Å²) in [4.78, 5) is 10.9. The highest BCUT2D eigenvalue weighted by molar-refractivity contribution is 14.1. The van der Waals surface area contributed by atoms with Gasteiger partial charge in [0.05, 0.1) is 0 Å². The van der Waals surface area contributed by atoms with Crippen LogP contribution in [0.5, 0.6) is 0 Å². The number of benzene rings is 1. The smallest absolute Gasteiger partial charge is 0.253 e. The minimum absolute atomic E-state index is 0.468. The highest BCUT2D eigenvalue weighted by atomic mass is 127. The minimum Gasteiger partial charge on any atom is -0.276 e. The Hall–Kier alpha value is 0.200. The van der Waals surface area contributed by atoms with Crippen molar-refractivity contribution in [3.05, 3.63) is 31.9 Å². The molecule has 0 spiro atoms. The number of rotatable bonds is 1. The van der Waals surface area contributed by atoms with Crippen molar-refractivity contribution in [1.82, 2.24) is 0 Å². The molecule has 0 unspecified atom stereocenters. The van der Waals surface area contributed by atoms with Gasteiger partial charge in [0.2, 0.25) is 0 Å². The fraction of sp³-hybridized carbons (Fsp3) is 0.125. The van der Waals surface area contributed by atoms with Crippen LogP contribution in [0, 0.1) is 10.5 Å². The maximum atomic E-state index is 10.9. The van der Waals surface area contributed by atoms with Crippen LogP contribution in [0.2, 0.25) is 5.02 Å². The van der Waals surface area contributed by atoms with Gasteiger partial charge in [-0.25, -0.2) is 0 Å². The lowest BCUT2D eigenvalue weighted by molar-refractivity contribution is 0.108. The van der Waals surface area contributed by atoms with Gasteiger partial charge in [-0.3, -0.25) is 4.79 Å². The zero-order chi connectivity index (χ0) is 9.30. The van der Waals surface area contributed by atoms with Crippen molar-refractivity contribution >= 4 is 51.0 Å². The number of carbonyl (C=O) groups excluding carboxylic acids is 1. The molecule has 4 heteroatoms. The molecule has 0 amide bonds. The Morgan fingerprint density at radius 1 is 1.50 bits per heavy atom. The molecule has 0 atom stereocenters. The van der Waals surface area contributed by atoms with Crippen LogP contribution in [0.25, 0.3) is 0 Å².